The van der Waals surface area contributed by atoms with E-state index in [4.69, 9.17) is 18.9 Å². The molecule has 15 aromatic rings. The predicted octanol–water partition coefficient (Wildman–Crippen LogP) is 13.4. The number of hydrogen-bond donors (Lipinski definition) is 0. The standard InChI is InChI=1S/C78H45B3N4O4/c1-3-20-46(21-4-1)82-58-30-13-7-24-50(58)52-40-38-48(42-62(52)82)84-60-32-19-33-61-72(60)81(73-64(84)44-70-75-77(73)88-68-36-17-11-28-56(68)79(75)54-26-9-15-34-66(54)86-70)74-65(45-71-76-78(74)89-69-37-18-12-29-57(69)80(76)55-27-10-16-35-67(55)87-71)85(61)49-39-41-53-51-25-8-14-31-59(51)83(63(53)43-49)47-22-5-2-6-23-47/h1-45H. The fraction of sp³-hybridized carbons (Fsp3) is 0. The van der Waals surface area contributed by atoms with Gasteiger partial charge in [-0.15, -0.1) is 0 Å². The van der Waals surface area contributed by atoms with Crippen LogP contribution in [0.5, 0.6) is 46.0 Å². The van der Waals surface area contributed by atoms with Crippen LogP contribution in [-0.2, 0) is 0 Å². The summed E-state index contributed by atoms with van der Waals surface area (Å²) >= 11 is 0. The van der Waals surface area contributed by atoms with Gasteiger partial charge < -0.3 is 37.9 Å². The average molecular weight is 1130 g/mol. The van der Waals surface area contributed by atoms with E-state index in [1.165, 1.54) is 21.5 Å². The number of fused-ring (bicyclic) bond motifs is 20. The Kier molecular flexibility index (Phi) is 9.40. The molecule has 0 saturated carbocycles. The maximum Gasteiger partial charge on any atom is 0.261 e. The summed E-state index contributed by atoms with van der Waals surface area (Å²) in [6, 6.07) is 98.6. The van der Waals surface area contributed by atoms with E-state index in [1.54, 1.807) is 0 Å². The van der Waals surface area contributed by atoms with Crippen LogP contribution in [-0.4, -0.2) is 29.3 Å². The third-order valence-corrected chi connectivity index (χ3v) is 19.7. The van der Waals surface area contributed by atoms with Gasteiger partial charge in [0.05, 0.1) is 22.1 Å². The van der Waals surface area contributed by atoms with Crippen molar-refractivity contribution in [2.45, 2.75) is 0 Å². The molecule has 21 rings (SSSR count). The van der Waals surface area contributed by atoms with Crippen LogP contribution in [0, 0.1) is 0 Å². The second-order valence-corrected chi connectivity index (χ2v) is 24.1. The van der Waals surface area contributed by atoms with Crippen LogP contribution in [0.3, 0.4) is 0 Å². The zero-order valence-electron chi connectivity index (χ0n) is 47.6. The van der Waals surface area contributed by atoms with Gasteiger partial charge >= 0.3 is 0 Å². The van der Waals surface area contributed by atoms with Crippen LogP contribution in [0.25, 0.3) is 55.0 Å². The molecule has 11 heteroatoms. The second kappa shape index (κ2) is 17.6. The minimum atomic E-state index is -0.454. The highest BCUT2D eigenvalue weighted by atomic mass is 16.5. The van der Waals surface area contributed by atoms with Crippen molar-refractivity contribution in [3.05, 3.63) is 273 Å². The Morgan fingerprint density at radius 2 is 0.596 bits per heavy atom. The van der Waals surface area contributed by atoms with Gasteiger partial charge in [-0.3, -0.25) is 0 Å². The number of aromatic nitrogens is 2. The molecule has 0 N–H and O–H groups in total. The SMILES string of the molecule is c1ccc(-n2c3ccccc3c3ccc(N4c5cccc6c5B(c5c4cc4c7c5Oc5ccccc5B7c5ccccc5O4)c4c(cc5c7c4Oc4ccccc4B7c4ccccc4O5)N6c4ccc5c6ccccc6n(-c6ccccc6)c5c4)cc32)cc1. The maximum absolute atomic E-state index is 7.71. The lowest BCUT2D eigenvalue weighted by molar-refractivity contribution is 0.466. The molecule has 8 nitrogen and oxygen atoms in total. The number of benzene rings is 13. The molecule has 89 heavy (non-hydrogen) atoms. The maximum atomic E-state index is 7.71. The fourth-order valence-corrected chi connectivity index (χ4v) is 16.2. The molecule has 6 aliphatic heterocycles. The van der Waals surface area contributed by atoms with Crippen LogP contribution >= 0.6 is 0 Å². The van der Waals surface area contributed by atoms with E-state index in [2.05, 4.69) is 292 Å². The highest BCUT2D eigenvalue weighted by Gasteiger charge is 2.53. The van der Waals surface area contributed by atoms with Crippen molar-refractivity contribution in [2.75, 3.05) is 9.80 Å². The Hall–Kier alpha value is -11.5. The van der Waals surface area contributed by atoms with Gasteiger partial charge in [-0.05, 0) is 135 Å². The minimum absolute atomic E-state index is 0.176. The summed E-state index contributed by atoms with van der Waals surface area (Å²) in [6.45, 7) is -0.806. The van der Waals surface area contributed by atoms with Gasteiger partial charge in [-0.2, -0.15) is 0 Å². The number of anilines is 6. The molecule has 410 valence electrons. The highest BCUT2D eigenvalue weighted by molar-refractivity contribution is 7.05. The van der Waals surface area contributed by atoms with Crippen LogP contribution < -0.4 is 77.9 Å². The quantitative estimate of drug-likeness (QED) is 0.164. The summed E-state index contributed by atoms with van der Waals surface area (Å²) in [5.41, 5.74) is 22.3. The minimum Gasteiger partial charge on any atom is -0.459 e. The van der Waals surface area contributed by atoms with E-state index in [0.29, 0.717) is 0 Å². The zero-order chi connectivity index (χ0) is 57.7. The Morgan fingerprint density at radius 3 is 1.03 bits per heavy atom. The molecule has 0 saturated heterocycles. The molecule has 0 fully saturated rings. The van der Waals surface area contributed by atoms with Gasteiger partial charge in [0.2, 0.25) is 0 Å². The second-order valence-electron chi connectivity index (χ2n) is 24.1. The summed E-state index contributed by atoms with van der Waals surface area (Å²) in [4.78, 5) is 4.97. The van der Waals surface area contributed by atoms with E-state index in [1.807, 2.05) is 0 Å². The fourth-order valence-electron chi connectivity index (χ4n) is 16.2. The van der Waals surface area contributed by atoms with Gasteiger partial charge in [0, 0.05) is 90.1 Å². The summed E-state index contributed by atoms with van der Waals surface area (Å²) < 4.78 is 34.8. The van der Waals surface area contributed by atoms with E-state index in [0.717, 1.165) is 163 Å². The molecular formula is C78H45B3N4O4. The number of hydrogen-bond acceptors (Lipinski definition) is 6. The third-order valence-electron chi connectivity index (χ3n) is 19.7. The van der Waals surface area contributed by atoms with Crippen molar-refractivity contribution in [1.82, 2.24) is 9.13 Å². The van der Waals surface area contributed by atoms with E-state index >= 15 is 0 Å². The lowest BCUT2D eigenvalue weighted by Crippen LogP contribution is -2.66. The van der Waals surface area contributed by atoms with Crippen molar-refractivity contribution < 1.29 is 18.9 Å². The topological polar surface area (TPSA) is 53.3 Å². The largest absolute Gasteiger partial charge is 0.459 e. The highest BCUT2D eigenvalue weighted by Crippen LogP contribution is 2.52. The summed E-state index contributed by atoms with van der Waals surface area (Å²) in [5.74, 6) is 6.43. The van der Waals surface area contributed by atoms with Gasteiger partial charge in [0.25, 0.3) is 20.1 Å². The predicted molar refractivity (Wildman–Crippen MR) is 365 cm³/mol. The molecule has 13 aromatic carbocycles. The van der Waals surface area contributed by atoms with Gasteiger partial charge in [-0.25, -0.2) is 0 Å². The van der Waals surface area contributed by atoms with E-state index in [9.17, 15) is 0 Å². The molecule has 0 amide bonds. The van der Waals surface area contributed by atoms with Crippen molar-refractivity contribution in [2.24, 2.45) is 0 Å². The van der Waals surface area contributed by atoms with Gasteiger partial charge in [0.15, 0.2) is 0 Å². The van der Waals surface area contributed by atoms with Crippen LogP contribution in [0.2, 0.25) is 0 Å². The average Bonchev–Trinajstić information content (AvgIpc) is 1.26. The monoisotopic (exact) mass is 1130 g/mol. The van der Waals surface area contributed by atoms with Crippen molar-refractivity contribution in [3.63, 3.8) is 0 Å². The number of rotatable bonds is 4. The number of ether oxygens (including phenoxy) is 4. The Morgan fingerprint density at radius 1 is 0.225 bits per heavy atom. The van der Waals surface area contributed by atoms with Crippen LogP contribution in [0.4, 0.5) is 34.1 Å². The molecule has 0 unspecified atom stereocenters. The Labute approximate surface area is 512 Å². The Balaban J connectivity index is 0.909. The molecule has 8 heterocycles. The first-order valence-corrected chi connectivity index (χ1v) is 30.6. The molecule has 0 bridgehead atoms. The lowest BCUT2D eigenvalue weighted by atomic mass is 9.29. The summed E-state index contributed by atoms with van der Waals surface area (Å²) in [7, 11) is 0. The first-order chi connectivity index (χ1) is 44.2. The van der Waals surface area contributed by atoms with Crippen molar-refractivity contribution in [1.29, 1.82) is 0 Å². The molecule has 6 aliphatic rings. The number of nitrogens with zero attached hydrogens (tertiary/aromatic N) is 4. The van der Waals surface area contributed by atoms with Crippen LogP contribution in [0.1, 0.15) is 0 Å². The van der Waals surface area contributed by atoms with Gasteiger partial charge in [0.1, 0.15) is 46.0 Å². The zero-order valence-corrected chi connectivity index (χ0v) is 47.6. The van der Waals surface area contributed by atoms with Crippen molar-refractivity contribution in [3.8, 4) is 57.4 Å². The van der Waals surface area contributed by atoms with Gasteiger partial charge in [-0.1, -0.05) is 164 Å². The first kappa shape index (κ1) is 47.7. The molecule has 0 spiro atoms. The van der Waals surface area contributed by atoms with E-state index < -0.39 is 6.71 Å². The normalized spacial score (nSPS) is 13.9. The van der Waals surface area contributed by atoms with E-state index in [-0.39, 0.29) is 13.4 Å². The Bertz CT molecular complexity index is 5280. The smallest absolute Gasteiger partial charge is 0.261 e. The molecule has 0 aliphatic carbocycles. The third kappa shape index (κ3) is 6.34. The molecule has 0 atom stereocenters. The summed E-state index contributed by atoms with van der Waals surface area (Å²) in [6.07, 6.45) is 0. The summed E-state index contributed by atoms with van der Waals surface area (Å²) in [5, 5.41) is 4.73. The molecule has 2 aromatic heterocycles. The van der Waals surface area contributed by atoms with Crippen molar-refractivity contribution >= 4 is 147 Å². The molecule has 0 radical (unpaired) electrons. The first-order valence-electron chi connectivity index (χ1n) is 30.6. The molecular weight excluding hydrogens is 1090 g/mol. The number of para-hydroxylation sites is 8. The van der Waals surface area contributed by atoms with Crippen LogP contribution in [0.15, 0.2) is 273 Å². The lowest BCUT2D eigenvalue weighted by Gasteiger charge is -2.47.